The van der Waals surface area contributed by atoms with Crippen LogP contribution in [0.4, 0.5) is 0 Å². The highest BCUT2D eigenvalue weighted by atomic mass is 127. The number of carbonyl (C=O) groups excluding carboxylic acids is 1. The quantitative estimate of drug-likeness (QED) is 0.420. The molecule has 1 aromatic carbocycles. The average Bonchev–Trinajstić information content (AvgIpc) is 2.79. The van der Waals surface area contributed by atoms with Gasteiger partial charge in [0.05, 0.1) is 22.1 Å². The molecular weight excluding hydrogens is 457 g/mol. The number of amides is 1. The smallest absolute Gasteiger partial charge is 0.236 e. The Balaban J connectivity index is 2.21. The molecule has 1 aliphatic rings. The lowest BCUT2D eigenvalue weighted by Crippen LogP contribution is -2.19. The molecule has 0 atom stereocenters. The molecule has 20 heavy (non-hydrogen) atoms. The molecule has 106 valence electrons. The molecule has 1 saturated heterocycles. The number of thioether (sulfide) groups is 1. The van der Waals surface area contributed by atoms with E-state index in [1.807, 2.05) is 19.1 Å². The number of amidine groups is 1. The summed E-state index contributed by atoms with van der Waals surface area (Å²) in [6.07, 6.45) is 1.62. The minimum Gasteiger partial charge on any atom is -0.492 e. The van der Waals surface area contributed by atoms with Crippen molar-refractivity contribution in [3.8, 4) is 5.75 Å². The van der Waals surface area contributed by atoms with Gasteiger partial charge in [0.1, 0.15) is 5.75 Å². The van der Waals surface area contributed by atoms with E-state index in [0.717, 1.165) is 19.4 Å². The Morgan fingerprint density at radius 1 is 1.60 bits per heavy atom. The molecule has 2 rings (SSSR count). The number of hydrogen-bond donors (Lipinski definition) is 1. The Bertz CT molecular complexity index is 592. The molecule has 1 aromatic rings. The number of nitrogens with zero attached hydrogens (tertiary/aromatic N) is 2. The highest BCUT2D eigenvalue weighted by Crippen LogP contribution is 2.29. The van der Waals surface area contributed by atoms with Crippen LogP contribution in [0.1, 0.15) is 12.5 Å². The highest BCUT2D eigenvalue weighted by Gasteiger charge is 2.16. The predicted molar refractivity (Wildman–Crippen MR) is 93.7 cm³/mol. The molecule has 0 aliphatic carbocycles. The fourth-order valence-corrected chi connectivity index (χ4v) is 3.83. The van der Waals surface area contributed by atoms with Crippen LogP contribution in [0.15, 0.2) is 26.8 Å². The Kier molecular flexibility index (Phi) is 5.85. The van der Waals surface area contributed by atoms with Crippen LogP contribution in [0, 0.1) is 3.57 Å². The lowest BCUT2D eigenvalue weighted by molar-refractivity contribution is -0.116. The largest absolute Gasteiger partial charge is 0.492 e. The maximum absolute atomic E-state index is 11.0. The molecule has 0 radical (unpaired) electrons. The summed E-state index contributed by atoms with van der Waals surface area (Å²) in [6.45, 7) is 2.52. The summed E-state index contributed by atoms with van der Waals surface area (Å²) < 4.78 is 7.56. The van der Waals surface area contributed by atoms with Gasteiger partial charge in [-0.2, -0.15) is 5.10 Å². The Morgan fingerprint density at radius 3 is 3.05 bits per heavy atom. The number of carbonyl (C=O) groups is 1. The summed E-state index contributed by atoms with van der Waals surface area (Å²) >= 11 is 7.00. The summed E-state index contributed by atoms with van der Waals surface area (Å²) in [5.74, 6) is 1.13. The molecule has 1 heterocycles. The summed E-state index contributed by atoms with van der Waals surface area (Å²) in [7, 11) is 0. The first kappa shape index (κ1) is 15.8. The Hall–Kier alpha value is -0.610. The van der Waals surface area contributed by atoms with Crippen LogP contribution in [-0.4, -0.2) is 29.6 Å². The van der Waals surface area contributed by atoms with Crippen molar-refractivity contribution >= 4 is 67.6 Å². The standard InChI is InChI=1S/C12H11BrIN3O2S/c1-2-19-11-7(3-8(13)4-9(11)14)5-15-17-12-16-10(18)6-20-12/h3-5H,2,6H2,1H3,(H,16,17,18). The highest BCUT2D eigenvalue weighted by molar-refractivity contribution is 14.1. The first-order valence-corrected chi connectivity index (χ1v) is 8.61. The van der Waals surface area contributed by atoms with Crippen LogP contribution in [0.2, 0.25) is 0 Å². The number of benzene rings is 1. The van der Waals surface area contributed by atoms with Gasteiger partial charge in [-0.1, -0.05) is 27.7 Å². The van der Waals surface area contributed by atoms with Crippen LogP contribution < -0.4 is 10.1 Å². The average molecular weight is 468 g/mol. The van der Waals surface area contributed by atoms with Crippen molar-refractivity contribution in [2.75, 3.05) is 12.4 Å². The summed E-state index contributed by atoms with van der Waals surface area (Å²) in [5.41, 5.74) is 0.837. The van der Waals surface area contributed by atoms with E-state index in [4.69, 9.17) is 4.74 Å². The van der Waals surface area contributed by atoms with Crippen LogP contribution in [0.5, 0.6) is 5.75 Å². The molecule has 0 aromatic heterocycles. The zero-order chi connectivity index (χ0) is 14.5. The fourth-order valence-electron chi connectivity index (χ4n) is 1.50. The molecule has 0 saturated carbocycles. The fraction of sp³-hybridized carbons (Fsp3) is 0.250. The maximum atomic E-state index is 11.0. The van der Waals surface area contributed by atoms with E-state index in [1.54, 1.807) is 6.21 Å². The SMILES string of the molecule is CCOc1c(I)cc(Br)cc1C=NN=C1NC(=O)CS1. The molecule has 1 fully saturated rings. The molecular formula is C12H11BrIN3O2S. The minimum atomic E-state index is -0.0454. The van der Waals surface area contributed by atoms with E-state index in [0.29, 0.717) is 17.5 Å². The van der Waals surface area contributed by atoms with Gasteiger partial charge in [-0.25, -0.2) is 0 Å². The van der Waals surface area contributed by atoms with Crippen molar-refractivity contribution in [3.05, 3.63) is 25.7 Å². The van der Waals surface area contributed by atoms with Gasteiger partial charge in [-0.15, -0.1) is 5.10 Å². The van der Waals surface area contributed by atoms with Crippen molar-refractivity contribution < 1.29 is 9.53 Å². The van der Waals surface area contributed by atoms with Crippen molar-refractivity contribution in [3.63, 3.8) is 0 Å². The van der Waals surface area contributed by atoms with Crippen LogP contribution >= 0.6 is 50.3 Å². The van der Waals surface area contributed by atoms with Crippen molar-refractivity contribution in [1.82, 2.24) is 5.32 Å². The van der Waals surface area contributed by atoms with Gasteiger partial charge >= 0.3 is 0 Å². The van der Waals surface area contributed by atoms with Gasteiger partial charge in [0, 0.05) is 10.0 Å². The number of rotatable bonds is 4. The van der Waals surface area contributed by atoms with E-state index in [1.165, 1.54) is 11.8 Å². The lowest BCUT2D eigenvalue weighted by atomic mass is 10.2. The minimum absolute atomic E-state index is 0.0454. The van der Waals surface area contributed by atoms with Crippen molar-refractivity contribution in [1.29, 1.82) is 0 Å². The summed E-state index contributed by atoms with van der Waals surface area (Å²) in [4.78, 5) is 11.0. The van der Waals surface area contributed by atoms with E-state index in [-0.39, 0.29) is 5.91 Å². The van der Waals surface area contributed by atoms with Crippen molar-refractivity contribution in [2.45, 2.75) is 6.92 Å². The zero-order valence-corrected chi connectivity index (χ0v) is 15.1. The van der Waals surface area contributed by atoms with Gasteiger partial charge in [0.2, 0.25) is 5.91 Å². The Morgan fingerprint density at radius 2 is 2.40 bits per heavy atom. The van der Waals surface area contributed by atoms with Crippen LogP contribution in [0.25, 0.3) is 0 Å². The molecule has 1 amide bonds. The molecule has 1 N–H and O–H groups in total. The topological polar surface area (TPSA) is 63.1 Å². The maximum Gasteiger partial charge on any atom is 0.236 e. The summed E-state index contributed by atoms with van der Waals surface area (Å²) in [6, 6.07) is 3.89. The van der Waals surface area contributed by atoms with Gasteiger partial charge in [0.25, 0.3) is 0 Å². The number of hydrogen-bond acceptors (Lipinski definition) is 5. The number of nitrogens with one attached hydrogen (secondary N) is 1. The third-order valence-electron chi connectivity index (χ3n) is 2.26. The first-order chi connectivity index (χ1) is 9.60. The normalized spacial score (nSPS) is 16.9. The van der Waals surface area contributed by atoms with E-state index < -0.39 is 0 Å². The summed E-state index contributed by atoms with van der Waals surface area (Å²) in [5, 5.41) is 11.1. The first-order valence-electron chi connectivity index (χ1n) is 5.75. The monoisotopic (exact) mass is 467 g/mol. The second-order valence-electron chi connectivity index (χ2n) is 3.73. The third-order valence-corrected chi connectivity index (χ3v) is 4.38. The van der Waals surface area contributed by atoms with E-state index in [9.17, 15) is 4.79 Å². The zero-order valence-electron chi connectivity index (χ0n) is 10.5. The second kappa shape index (κ2) is 7.41. The molecule has 0 bridgehead atoms. The third kappa shape index (κ3) is 4.19. The van der Waals surface area contributed by atoms with Gasteiger partial charge in [-0.3, -0.25) is 4.79 Å². The van der Waals surface area contributed by atoms with E-state index in [2.05, 4.69) is 54.0 Å². The van der Waals surface area contributed by atoms with Crippen molar-refractivity contribution in [2.24, 2.45) is 10.2 Å². The number of halogens is 2. The van der Waals surface area contributed by atoms with Crippen LogP contribution in [0.3, 0.4) is 0 Å². The molecule has 0 spiro atoms. The second-order valence-corrected chi connectivity index (χ2v) is 6.77. The molecule has 1 aliphatic heterocycles. The van der Waals surface area contributed by atoms with Gasteiger partial charge < -0.3 is 10.1 Å². The van der Waals surface area contributed by atoms with Crippen LogP contribution in [-0.2, 0) is 4.79 Å². The molecule has 0 unspecified atom stereocenters. The molecule has 5 nitrogen and oxygen atoms in total. The van der Waals surface area contributed by atoms with E-state index >= 15 is 0 Å². The predicted octanol–water partition coefficient (Wildman–Crippen LogP) is 3.01. The van der Waals surface area contributed by atoms with Gasteiger partial charge in [0.15, 0.2) is 5.17 Å². The molecule has 8 heteroatoms. The Labute approximate surface area is 142 Å². The number of ether oxygens (including phenoxy) is 1. The van der Waals surface area contributed by atoms with Gasteiger partial charge in [-0.05, 0) is 41.6 Å². The lowest BCUT2D eigenvalue weighted by Gasteiger charge is -2.09.